The molecule has 6 nitrogen and oxygen atoms in total. The SMILES string of the molecule is NC(=O)c1ccc(Cn2cc(Br)c(=O)[nH]c2=O)c(F)c1. The van der Waals surface area contributed by atoms with E-state index in [1.807, 2.05) is 0 Å². The molecule has 8 heteroatoms. The van der Waals surface area contributed by atoms with Crippen molar-refractivity contribution in [2.24, 2.45) is 5.73 Å². The third-order valence-electron chi connectivity index (χ3n) is 2.65. The van der Waals surface area contributed by atoms with Crippen LogP contribution in [-0.2, 0) is 6.54 Å². The van der Waals surface area contributed by atoms with E-state index in [4.69, 9.17) is 5.73 Å². The Morgan fingerprint density at radius 2 is 2.10 bits per heavy atom. The van der Waals surface area contributed by atoms with E-state index in [0.29, 0.717) is 0 Å². The summed E-state index contributed by atoms with van der Waals surface area (Å²) in [5.74, 6) is -1.39. The predicted molar refractivity (Wildman–Crippen MR) is 73.0 cm³/mol. The van der Waals surface area contributed by atoms with Gasteiger partial charge in [-0.05, 0) is 28.1 Å². The van der Waals surface area contributed by atoms with Gasteiger partial charge in [0.25, 0.3) is 5.56 Å². The summed E-state index contributed by atoms with van der Waals surface area (Å²) in [7, 11) is 0. The molecule has 3 N–H and O–H groups in total. The molecule has 0 atom stereocenters. The summed E-state index contributed by atoms with van der Waals surface area (Å²) >= 11 is 2.98. The molecule has 0 unspecified atom stereocenters. The lowest BCUT2D eigenvalue weighted by Gasteiger charge is -2.07. The summed E-state index contributed by atoms with van der Waals surface area (Å²) in [5.41, 5.74) is 4.06. The Labute approximate surface area is 120 Å². The number of aromatic amines is 1. The zero-order valence-corrected chi connectivity index (χ0v) is 11.6. The monoisotopic (exact) mass is 341 g/mol. The smallest absolute Gasteiger partial charge is 0.328 e. The van der Waals surface area contributed by atoms with Crippen molar-refractivity contribution in [1.82, 2.24) is 9.55 Å². The Kier molecular flexibility index (Phi) is 3.84. The zero-order chi connectivity index (χ0) is 14.9. The van der Waals surface area contributed by atoms with Crippen LogP contribution in [0.15, 0.2) is 38.5 Å². The van der Waals surface area contributed by atoms with Gasteiger partial charge in [0.1, 0.15) is 5.82 Å². The van der Waals surface area contributed by atoms with Crippen molar-refractivity contribution in [3.8, 4) is 0 Å². The number of hydrogen-bond donors (Lipinski definition) is 2. The molecule has 0 bridgehead atoms. The number of carbonyl (C=O) groups is 1. The van der Waals surface area contributed by atoms with Crippen LogP contribution in [0, 0.1) is 5.82 Å². The largest absolute Gasteiger partial charge is 0.366 e. The molecule has 0 saturated heterocycles. The van der Waals surface area contributed by atoms with Crippen LogP contribution in [0.3, 0.4) is 0 Å². The number of carbonyl (C=O) groups excluding carboxylic acids is 1. The molecule has 0 aliphatic rings. The fourth-order valence-electron chi connectivity index (χ4n) is 1.61. The van der Waals surface area contributed by atoms with Crippen molar-refractivity contribution in [3.05, 3.63) is 66.7 Å². The minimum atomic E-state index is -0.737. The predicted octanol–water partition coefficient (Wildman–Crippen LogP) is 0.585. The molecule has 1 heterocycles. The van der Waals surface area contributed by atoms with Gasteiger partial charge in [0.05, 0.1) is 11.0 Å². The maximum Gasteiger partial charge on any atom is 0.328 e. The normalized spacial score (nSPS) is 10.5. The molecule has 0 radical (unpaired) electrons. The standard InChI is InChI=1S/C12H9BrFN3O3/c13-8-5-17(12(20)16-11(8)19)4-7-2-1-6(10(15)18)3-9(7)14/h1-3,5H,4H2,(H2,15,18)(H,16,19,20). The molecule has 2 rings (SSSR count). The van der Waals surface area contributed by atoms with Crippen LogP contribution in [0.5, 0.6) is 0 Å². The summed E-state index contributed by atoms with van der Waals surface area (Å²) in [6.07, 6.45) is 1.27. The van der Waals surface area contributed by atoms with Gasteiger partial charge in [-0.25, -0.2) is 9.18 Å². The Balaban J connectivity index is 2.40. The van der Waals surface area contributed by atoms with Gasteiger partial charge in [-0.1, -0.05) is 6.07 Å². The van der Waals surface area contributed by atoms with E-state index in [-0.39, 0.29) is 22.1 Å². The number of halogens is 2. The number of nitrogens with zero attached hydrogens (tertiary/aromatic N) is 1. The maximum atomic E-state index is 13.8. The Hall–Kier alpha value is -2.22. The molecule has 2 aromatic rings. The molecular formula is C12H9BrFN3O3. The van der Waals surface area contributed by atoms with Crippen LogP contribution in [0.25, 0.3) is 0 Å². The summed E-state index contributed by atoms with van der Waals surface area (Å²) in [6.45, 7) is -0.0842. The minimum Gasteiger partial charge on any atom is -0.366 e. The van der Waals surface area contributed by atoms with Crippen molar-refractivity contribution in [2.75, 3.05) is 0 Å². The van der Waals surface area contributed by atoms with Gasteiger partial charge >= 0.3 is 5.69 Å². The molecule has 0 aliphatic carbocycles. The van der Waals surface area contributed by atoms with Crippen molar-refractivity contribution in [3.63, 3.8) is 0 Å². The molecule has 104 valence electrons. The Bertz CT molecular complexity index is 797. The third kappa shape index (κ3) is 2.85. The van der Waals surface area contributed by atoms with Crippen LogP contribution in [0.1, 0.15) is 15.9 Å². The minimum absolute atomic E-state index is 0.0428. The van der Waals surface area contributed by atoms with Gasteiger partial charge < -0.3 is 5.73 Å². The second kappa shape index (κ2) is 5.41. The van der Waals surface area contributed by atoms with Crippen LogP contribution >= 0.6 is 15.9 Å². The number of amides is 1. The number of rotatable bonds is 3. The van der Waals surface area contributed by atoms with E-state index in [0.717, 1.165) is 10.6 Å². The quantitative estimate of drug-likeness (QED) is 0.854. The van der Waals surface area contributed by atoms with Crippen molar-refractivity contribution in [1.29, 1.82) is 0 Å². The highest BCUT2D eigenvalue weighted by Gasteiger charge is 2.09. The third-order valence-corrected chi connectivity index (χ3v) is 3.21. The summed E-state index contributed by atoms with van der Waals surface area (Å²) in [5, 5.41) is 0. The van der Waals surface area contributed by atoms with E-state index >= 15 is 0 Å². The second-order valence-corrected chi connectivity index (χ2v) is 4.89. The highest BCUT2D eigenvalue weighted by atomic mass is 79.9. The highest BCUT2D eigenvalue weighted by Crippen LogP contribution is 2.11. The first-order chi connectivity index (χ1) is 9.38. The van der Waals surface area contributed by atoms with Crippen LogP contribution < -0.4 is 17.0 Å². The lowest BCUT2D eigenvalue weighted by atomic mass is 10.1. The van der Waals surface area contributed by atoms with Crippen LogP contribution in [0.2, 0.25) is 0 Å². The molecular weight excluding hydrogens is 333 g/mol. The lowest BCUT2D eigenvalue weighted by molar-refractivity contribution is 0.1000. The van der Waals surface area contributed by atoms with Gasteiger partial charge in [0, 0.05) is 17.3 Å². The average Bonchev–Trinajstić information content (AvgIpc) is 2.37. The number of H-pyrrole nitrogens is 1. The molecule has 20 heavy (non-hydrogen) atoms. The number of primary amides is 1. The average molecular weight is 342 g/mol. The molecule has 0 aliphatic heterocycles. The van der Waals surface area contributed by atoms with Crippen molar-refractivity contribution in [2.45, 2.75) is 6.54 Å². The fourth-order valence-corrected chi connectivity index (χ4v) is 1.96. The van der Waals surface area contributed by atoms with Gasteiger partial charge in [0.15, 0.2) is 0 Å². The van der Waals surface area contributed by atoms with Crippen LogP contribution in [0.4, 0.5) is 4.39 Å². The first-order valence-electron chi connectivity index (χ1n) is 5.46. The number of benzene rings is 1. The molecule has 0 saturated carbocycles. The molecule has 1 amide bonds. The van der Waals surface area contributed by atoms with E-state index in [2.05, 4.69) is 20.9 Å². The van der Waals surface area contributed by atoms with E-state index in [1.54, 1.807) is 0 Å². The number of nitrogens with one attached hydrogen (secondary N) is 1. The molecule has 1 aromatic heterocycles. The first kappa shape index (κ1) is 14.2. The van der Waals surface area contributed by atoms with E-state index in [9.17, 15) is 18.8 Å². The number of hydrogen-bond acceptors (Lipinski definition) is 3. The van der Waals surface area contributed by atoms with Gasteiger partial charge in [-0.2, -0.15) is 0 Å². The Morgan fingerprint density at radius 1 is 1.40 bits per heavy atom. The number of nitrogens with two attached hydrogens (primary N) is 1. The van der Waals surface area contributed by atoms with E-state index in [1.165, 1.54) is 18.3 Å². The molecule has 0 spiro atoms. The van der Waals surface area contributed by atoms with E-state index < -0.39 is 23.0 Å². The molecule has 0 fully saturated rings. The Morgan fingerprint density at radius 3 is 2.70 bits per heavy atom. The lowest BCUT2D eigenvalue weighted by Crippen LogP contribution is -2.30. The fraction of sp³-hybridized carbons (Fsp3) is 0.0833. The second-order valence-electron chi connectivity index (χ2n) is 4.03. The summed E-state index contributed by atoms with van der Waals surface area (Å²) < 4.78 is 15.1. The zero-order valence-electron chi connectivity index (χ0n) is 10.0. The van der Waals surface area contributed by atoms with Gasteiger partial charge in [0.2, 0.25) is 5.91 Å². The highest BCUT2D eigenvalue weighted by molar-refractivity contribution is 9.10. The van der Waals surface area contributed by atoms with Crippen LogP contribution in [-0.4, -0.2) is 15.5 Å². The van der Waals surface area contributed by atoms with Crippen molar-refractivity contribution < 1.29 is 9.18 Å². The van der Waals surface area contributed by atoms with Gasteiger partial charge in [-0.15, -0.1) is 0 Å². The molecule has 1 aromatic carbocycles. The first-order valence-corrected chi connectivity index (χ1v) is 6.25. The van der Waals surface area contributed by atoms with Crippen molar-refractivity contribution >= 4 is 21.8 Å². The summed E-state index contributed by atoms with van der Waals surface area (Å²) in [6, 6.07) is 3.73. The number of aromatic nitrogens is 2. The topological polar surface area (TPSA) is 97.9 Å². The van der Waals surface area contributed by atoms with Gasteiger partial charge in [-0.3, -0.25) is 19.1 Å². The summed E-state index contributed by atoms with van der Waals surface area (Å²) in [4.78, 5) is 35.8. The maximum absolute atomic E-state index is 13.8.